The Labute approximate surface area is 165 Å². The third kappa shape index (κ3) is 4.33. The first-order valence-corrected chi connectivity index (χ1v) is 10.0. The van der Waals surface area contributed by atoms with E-state index in [0.717, 1.165) is 18.2 Å². The number of methoxy groups -OCH3 is 1. The number of sulfone groups is 1. The zero-order chi connectivity index (χ0) is 21.2. The van der Waals surface area contributed by atoms with E-state index < -0.39 is 32.4 Å². The van der Waals surface area contributed by atoms with Gasteiger partial charge in [0, 0.05) is 6.54 Å². The Morgan fingerprint density at radius 1 is 1.21 bits per heavy atom. The van der Waals surface area contributed by atoms with Crippen molar-refractivity contribution < 1.29 is 31.1 Å². The number of carbonyl (C=O) groups is 1. The van der Waals surface area contributed by atoms with Gasteiger partial charge in [-0.1, -0.05) is 12.1 Å². The first-order valence-electron chi connectivity index (χ1n) is 8.56. The second kappa shape index (κ2) is 7.96. The molecule has 0 unspecified atom stereocenters. The fraction of sp³-hybridized carbons (Fsp3) is 0.263. The standard InChI is InChI=1S/C19H17F3N2O4S/c1-28-18(25)15-5-6-16(17(24-15)12-7-9-23-10-8-12)29(26,27)14-4-2-3-13(11-14)19(20,21)22/h2-7,11,23H,8-10H2,1H3. The lowest BCUT2D eigenvalue weighted by atomic mass is 10.0. The van der Waals surface area contributed by atoms with E-state index in [1.807, 2.05) is 0 Å². The first kappa shape index (κ1) is 21.0. The zero-order valence-electron chi connectivity index (χ0n) is 15.3. The summed E-state index contributed by atoms with van der Waals surface area (Å²) in [6.45, 7) is 1.04. The van der Waals surface area contributed by atoms with Gasteiger partial charge in [0.2, 0.25) is 9.84 Å². The van der Waals surface area contributed by atoms with Gasteiger partial charge < -0.3 is 10.1 Å². The molecule has 6 nitrogen and oxygen atoms in total. The normalized spacial score (nSPS) is 15.0. The van der Waals surface area contributed by atoms with E-state index in [1.165, 1.54) is 19.2 Å². The second-order valence-electron chi connectivity index (χ2n) is 6.25. The molecular formula is C19H17F3N2O4S. The lowest BCUT2D eigenvalue weighted by Gasteiger charge is -2.18. The fourth-order valence-electron chi connectivity index (χ4n) is 2.92. The lowest BCUT2D eigenvalue weighted by Crippen LogP contribution is -2.21. The highest BCUT2D eigenvalue weighted by atomic mass is 32.2. The maximum absolute atomic E-state index is 13.2. The van der Waals surface area contributed by atoms with Gasteiger partial charge >= 0.3 is 12.1 Å². The summed E-state index contributed by atoms with van der Waals surface area (Å²) in [6, 6.07) is 5.87. The van der Waals surface area contributed by atoms with Gasteiger partial charge in [-0.15, -0.1) is 0 Å². The molecule has 0 spiro atoms. The Morgan fingerprint density at radius 2 is 1.97 bits per heavy atom. The summed E-state index contributed by atoms with van der Waals surface area (Å²) in [5.41, 5.74) is -0.544. The second-order valence-corrected chi connectivity index (χ2v) is 8.17. The number of nitrogens with one attached hydrogen (secondary N) is 1. The summed E-state index contributed by atoms with van der Waals surface area (Å²) in [4.78, 5) is 15.2. The molecule has 0 saturated carbocycles. The van der Waals surface area contributed by atoms with Gasteiger partial charge in [0.15, 0.2) is 0 Å². The summed E-state index contributed by atoms with van der Waals surface area (Å²) in [6.07, 6.45) is -2.50. The van der Waals surface area contributed by atoms with Crippen molar-refractivity contribution in [3.05, 3.63) is 59.4 Å². The number of ether oxygens (including phenoxy) is 1. The van der Waals surface area contributed by atoms with E-state index >= 15 is 0 Å². The molecule has 1 N–H and O–H groups in total. The molecule has 1 aliphatic heterocycles. The van der Waals surface area contributed by atoms with E-state index in [-0.39, 0.29) is 16.3 Å². The van der Waals surface area contributed by atoms with Crippen LogP contribution in [0.3, 0.4) is 0 Å². The third-order valence-electron chi connectivity index (χ3n) is 4.38. The maximum atomic E-state index is 13.2. The van der Waals surface area contributed by atoms with Gasteiger partial charge in [0.05, 0.1) is 28.2 Å². The predicted octanol–water partition coefficient (Wildman–Crippen LogP) is 3.10. The van der Waals surface area contributed by atoms with Crippen LogP contribution in [0, 0.1) is 0 Å². The molecule has 29 heavy (non-hydrogen) atoms. The summed E-state index contributed by atoms with van der Waals surface area (Å²) in [5.74, 6) is -0.746. The fourth-order valence-corrected chi connectivity index (χ4v) is 4.39. The average molecular weight is 426 g/mol. The monoisotopic (exact) mass is 426 g/mol. The number of carbonyl (C=O) groups excluding carboxylic acids is 1. The summed E-state index contributed by atoms with van der Waals surface area (Å²) >= 11 is 0. The van der Waals surface area contributed by atoms with Gasteiger partial charge in [-0.3, -0.25) is 0 Å². The Kier molecular flexibility index (Phi) is 5.76. The van der Waals surface area contributed by atoms with Crippen LogP contribution < -0.4 is 5.32 Å². The highest BCUT2D eigenvalue weighted by Crippen LogP contribution is 2.34. The third-order valence-corrected chi connectivity index (χ3v) is 6.17. The molecule has 0 saturated heterocycles. The van der Waals surface area contributed by atoms with Crippen molar-refractivity contribution in [3.8, 4) is 0 Å². The minimum absolute atomic E-state index is 0.0341. The van der Waals surface area contributed by atoms with Crippen LogP contribution in [-0.4, -0.2) is 39.6 Å². The van der Waals surface area contributed by atoms with Crippen LogP contribution >= 0.6 is 0 Å². The number of benzene rings is 1. The number of rotatable bonds is 4. The molecule has 0 bridgehead atoms. The zero-order valence-corrected chi connectivity index (χ0v) is 16.1. The van der Waals surface area contributed by atoms with E-state index in [4.69, 9.17) is 0 Å². The van der Waals surface area contributed by atoms with Crippen LogP contribution in [0.2, 0.25) is 0 Å². The molecule has 0 aliphatic carbocycles. The summed E-state index contributed by atoms with van der Waals surface area (Å²) < 4.78 is 70.1. The number of hydrogen-bond donors (Lipinski definition) is 1. The SMILES string of the molecule is COC(=O)c1ccc(S(=O)(=O)c2cccc(C(F)(F)F)c2)c(C2=CCNCC2)n1. The minimum atomic E-state index is -4.68. The van der Waals surface area contributed by atoms with Crippen molar-refractivity contribution in [2.24, 2.45) is 0 Å². The Balaban J connectivity index is 2.19. The average Bonchev–Trinajstić information content (AvgIpc) is 2.72. The summed E-state index contributed by atoms with van der Waals surface area (Å²) in [7, 11) is -3.16. The Morgan fingerprint density at radius 3 is 2.59 bits per heavy atom. The molecule has 2 aromatic rings. The maximum Gasteiger partial charge on any atom is 0.416 e. The molecule has 1 aromatic carbocycles. The van der Waals surface area contributed by atoms with Crippen molar-refractivity contribution in [1.29, 1.82) is 0 Å². The molecule has 0 fully saturated rings. The number of alkyl halides is 3. The molecule has 2 heterocycles. The van der Waals surface area contributed by atoms with E-state index in [9.17, 15) is 26.4 Å². The van der Waals surface area contributed by atoms with E-state index in [2.05, 4.69) is 15.0 Å². The van der Waals surface area contributed by atoms with Crippen molar-refractivity contribution >= 4 is 21.4 Å². The smallest absolute Gasteiger partial charge is 0.416 e. The van der Waals surface area contributed by atoms with Gasteiger partial charge in [0.1, 0.15) is 5.69 Å². The molecule has 154 valence electrons. The quantitative estimate of drug-likeness (QED) is 0.757. The molecular weight excluding hydrogens is 409 g/mol. The molecule has 1 aliphatic rings. The number of esters is 1. The molecule has 1 aromatic heterocycles. The first-order chi connectivity index (χ1) is 13.6. The van der Waals surface area contributed by atoms with E-state index in [1.54, 1.807) is 6.08 Å². The van der Waals surface area contributed by atoms with Crippen molar-refractivity contribution in [1.82, 2.24) is 10.3 Å². The molecule has 0 amide bonds. The number of pyridine rings is 1. The van der Waals surface area contributed by atoms with Crippen LogP contribution in [-0.2, 0) is 20.8 Å². The predicted molar refractivity (Wildman–Crippen MR) is 97.9 cm³/mol. The number of hydrogen-bond acceptors (Lipinski definition) is 6. The topological polar surface area (TPSA) is 85.4 Å². The Bertz CT molecular complexity index is 1080. The lowest BCUT2D eigenvalue weighted by molar-refractivity contribution is -0.137. The number of halogens is 3. The van der Waals surface area contributed by atoms with Crippen LogP contribution in [0.1, 0.15) is 28.2 Å². The van der Waals surface area contributed by atoms with Crippen molar-refractivity contribution in [3.63, 3.8) is 0 Å². The number of aromatic nitrogens is 1. The van der Waals surface area contributed by atoms with Gasteiger partial charge in [-0.2, -0.15) is 13.2 Å². The Hall–Kier alpha value is -2.72. The van der Waals surface area contributed by atoms with Gasteiger partial charge in [0.25, 0.3) is 0 Å². The molecule has 0 atom stereocenters. The highest BCUT2D eigenvalue weighted by molar-refractivity contribution is 7.91. The minimum Gasteiger partial charge on any atom is -0.464 e. The summed E-state index contributed by atoms with van der Waals surface area (Å²) in [5, 5.41) is 3.08. The van der Waals surface area contributed by atoms with Crippen LogP contribution in [0.25, 0.3) is 5.57 Å². The largest absolute Gasteiger partial charge is 0.464 e. The van der Waals surface area contributed by atoms with Crippen molar-refractivity contribution in [2.45, 2.75) is 22.4 Å². The molecule has 0 radical (unpaired) electrons. The van der Waals surface area contributed by atoms with Crippen LogP contribution in [0.15, 0.2) is 52.3 Å². The highest BCUT2D eigenvalue weighted by Gasteiger charge is 2.33. The van der Waals surface area contributed by atoms with Crippen LogP contribution in [0.5, 0.6) is 0 Å². The van der Waals surface area contributed by atoms with E-state index in [0.29, 0.717) is 31.1 Å². The van der Waals surface area contributed by atoms with Crippen molar-refractivity contribution in [2.75, 3.05) is 20.2 Å². The van der Waals surface area contributed by atoms with Gasteiger partial charge in [-0.05, 0) is 48.9 Å². The molecule has 3 rings (SSSR count). The molecule has 10 heteroatoms. The van der Waals surface area contributed by atoms with Crippen LogP contribution in [0.4, 0.5) is 13.2 Å². The number of nitrogens with zero attached hydrogens (tertiary/aromatic N) is 1. The van der Waals surface area contributed by atoms with Gasteiger partial charge in [-0.25, -0.2) is 18.2 Å².